The summed E-state index contributed by atoms with van der Waals surface area (Å²) < 4.78 is 5.02. The van der Waals surface area contributed by atoms with Crippen LogP contribution in [-0.2, 0) is 9.53 Å². The van der Waals surface area contributed by atoms with Crippen LogP contribution in [-0.4, -0.2) is 45.7 Å². The second-order valence-electron chi connectivity index (χ2n) is 7.82. The third-order valence-electron chi connectivity index (χ3n) is 5.40. The summed E-state index contributed by atoms with van der Waals surface area (Å²) in [6, 6.07) is 0. The molecule has 0 bridgehead atoms. The van der Waals surface area contributed by atoms with E-state index in [2.05, 4.69) is 6.92 Å². The normalized spacial score (nSPS) is 20.8. The van der Waals surface area contributed by atoms with Crippen molar-refractivity contribution in [2.24, 2.45) is 0 Å². The Bertz CT molecular complexity index is 360. The maximum absolute atomic E-state index is 11.1. The third-order valence-corrected chi connectivity index (χ3v) is 5.40. The average Bonchev–Trinajstić information content (AvgIpc) is 3.07. The number of hydrogen-bond acceptors (Lipinski definition) is 5. The fourth-order valence-corrected chi connectivity index (χ4v) is 3.57. The molecule has 1 aliphatic rings. The lowest BCUT2D eigenvalue weighted by Gasteiger charge is -2.21. The molecule has 0 spiro atoms. The first-order valence-electron chi connectivity index (χ1n) is 10.8. The Morgan fingerprint density at radius 1 is 0.846 bits per heavy atom. The van der Waals surface area contributed by atoms with Crippen LogP contribution in [0, 0.1) is 0 Å². The van der Waals surface area contributed by atoms with Gasteiger partial charge in [-0.2, -0.15) is 0 Å². The van der Waals surface area contributed by atoms with Gasteiger partial charge in [0.15, 0.2) is 0 Å². The Morgan fingerprint density at radius 3 is 1.92 bits per heavy atom. The summed E-state index contributed by atoms with van der Waals surface area (Å²) in [6.07, 6.45) is 11.9. The molecule has 4 atom stereocenters. The number of ether oxygens (including phenoxy) is 1. The minimum Gasteiger partial charge on any atom is -0.460 e. The van der Waals surface area contributed by atoms with Crippen molar-refractivity contribution in [3.63, 3.8) is 0 Å². The van der Waals surface area contributed by atoms with Gasteiger partial charge in [0.05, 0.1) is 18.3 Å². The van der Waals surface area contributed by atoms with E-state index in [0.717, 1.165) is 12.8 Å². The molecule has 0 aliphatic carbocycles. The number of carbonyl (C=O) groups is 1. The van der Waals surface area contributed by atoms with E-state index >= 15 is 0 Å². The lowest BCUT2D eigenvalue weighted by molar-refractivity contribution is -0.145. The molecule has 1 saturated heterocycles. The van der Waals surface area contributed by atoms with E-state index in [9.17, 15) is 20.1 Å². The number of esters is 1. The molecule has 0 aromatic heterocycles. The molecule has 1 rings (SSSR count). The molecule has 0 radical (unpaired) electrons. The standard InChI is InChI=1S/C21H40O5/c1-2-3-4-5-6-7-8-9-10-11-12-17(22)18(23)13-14-19(24)20-15-16-21(25)26-20/h17-20,22-24H,2-16H2,1H3/t17-,18-,19-,20-/m0/s1. The van der Waals surface area contributed by atoms with Gasteiger partial charge in [-0.25, -0.2) is 0 Å². The van der Waals surface area contributed by atoms with Crippen molar-refractivity contribution in [3.05, 3.63) is 0 Å². The van der Waals surface area contributed by atoms with Gasteiger partial charge in [-0.15, -0.1) is 0 Å². The number of rotatable bonds is 16. The number of unbranched alkanes of at least 4 members (excludes halogenated alkanes) is 9. The van der Waals surface area contributed by atoms with Crippen LogP contribution in [0.3, 0.4) is 0 Å². The highest BCUT2D eigenvalue weighted by Gasteiger charge is 2.30. The van der Waals surface area contributed by atoms with Crippen LogP contribution < -0.4 is 0 Å². The summed E-state index contributed by atoms with van der Waals surface area (Å²) in [5.41, 5.74) is 0. The Morgan fingerprint density at radius 2 is 1.38 bits per heavy atom. The van der Waals surface area contributed by atoms with Crippen molar-refractivity contribution in [2.75, 3.05) is 0 Å². The SMILES string of the molecule is CCCCCCCCCCCC[C@H](O)[C@@H](O)CC[C@H](O)[C@@H]1CCC(=O)O1. The van der Waals surface area contributed by atoms with Crippen LogP contribution in [0.5, 0.6) is 0 Å². The summed E-state index contributed by atoms with van der Waals surface area (Å²) in [5, 5.41) is 30.1. The van der Waals surface area contributed by atoms with Gasteiger partial charge >= 0.3 is 5.97 Å². The lowest BCUT2D eigenvalue weighted by atomic mass is 9.98. The minimum absolute atomic E-state index is 0.268. The molecule has 5 heteroatoms. The molecule has 1 fully saturated rings. The van der Waals surface area contributed by atoms with E-state index in [1.165, 1.54) is 51.4 Å². The quantitative estimate of drug-likeness (QED) is 0.283. The molecule has 0 amide bonds. The molecule has 1 aliphatic heterocycles. The van der Waals surface area contributed by atoms with E-state index in [1.807, 2.05) is 0 Å². The molecule has 5 nitrogen and oxygen atoms in total. The Kier molecular flexibility index (Phi) is 13.0. The number of cyclic esters (lactones) is 1. The van der Waals surface area contributed by atoms with E-state index in [0.29, 0.717) is 32.1 Å². The number of carbonyl (C=O) groups excluding carboxylic acids is 1. The van der Waals surface area contributed by atoms with Gasteiger partial charge in [0.25, 0.3) is 0 Å². The van der Waals surface area contributed by atoms with Gasteiger partial charge in [0, 0.05) is 6.42 Å². The Labute approximate surface area is 159 Å². The molecule has 154 valence electrons. The number of aliphatic hydroxyl groups is 3. The highest BCUT2D eigenvalue weighted by atomic mass is 16.6. The van der Waals surface area contributed by atoms with Crippen molar-refractivity contribution in [1.82, 2.24) is 0 Å². The molecular weight excluding hydrogens is 332 g/mol. The molecule has 0 saturated carbocycles. The monoisotopic (exact) mass is 372 g/mol. The topological polar surface area (TPSA) is 87.0 Å². The van der Waals surface area contributed by atoms with Crippen LogP contribution in [0.25, 0.3) is 0 Å². The van der Waals surface area contributed by atoms with E-state index < -0.39 is 24.4 Å². The molecule has 0 aromatic carbocycles. The van der Waals surface area contributed by atoms with Crippen molar-refractivity contribution in [2.45, 2.75) is 128 Å². The maximum Gasteiger partial charge on any atom is 0.306 e. The Hall–Kier alpha value is -0.650. The first kappa shape index (κ1) is 23.4. The maximum atomic E-state index is 11.1. The first-order valence-corrected chi connectivity index (χ1v) is 10.8. The third kappa shape index (κ3) is 10.5. The van der Waals surface area contributed by atoms with Crippen LogP contribution in [0.1, 0.15) is 103 Å². The molecule has 1 heterocycles. The van der Waals surface area contributed by atoms with Crippen LogP contribution >= 0.6 is 0 Å². The smallest absolute Gasteiger partial charge is 0.306 e. The van der Waals surface area contributed by atoms with Gasteiger partial charge in [0.1, 0.15) is 6.10 Å². The fraction of sp³-hybridized carbons (Fsp3) is 0.952. The van der Waals surface area contributed by atoms with Crippen LogP contribution in [0.4, 0.5) is 0 Å². The molecule has 26 heavy (non-hydrogen) atoms. The van der Waals surface area contributed by atoms with Crippen LogP contribution in [0.2, 0.25) is 0 Å². The van der Waals surface area contributed by atoms with Crippen LogP contribution in [0.15, 0.2) is 0 Å². The van der Waals surface area contributed by atoms with E-state index in [-0.39, 0.29) is 5.97 Å². The highest BCUT2D eigenvalue weighted by Crippen LogP contribution is 2.21. The zero-order valence-electron chi connectivity index (χ0n) is 16.6. The average molecular weight is 373 g/mol. The fourth-order valence-electron chi connectivity index (χ4n) is 3.57. The summed E-state index contributed by atoms with van der Waals surface area (Å²) in [6.45, 7) is 2.24. The van der Waals surface area contributed by atoms with Gasteiger partial charge < -0.3 is 20.1 Å². The van der Waals surface area contributed by atoms with Crippen molar-refractivity contribution in [1.29, 1.82) is 0 Å². The van der Waals surface area contributed by atoms with Crippen molar-refractivity contribution >= 4 is 5.97 Å². The zero-order chi connectivity index (χ0) is 19.2. The summed E-state index contributed by atoms with van der Waals surface area (Å²) in [7, 11) is 0. The zero-order valence-corrected chi connectivity index (χ0v) is 16.6. The largest absolute Gasteiger partial charge is 0.460 e. The molecular formula is C21H40O5. The van der Waals surface area contributed by atoms with Crippen molar-refractivity contribution in [3.8, 4) is 0 Å². The number of aliphatic hydroxyl groups excluding tert-OH is 3. The predicted molar refractivity (Wildman–Crippen MR) is 103 cm³/mol. The highest BCUT2D eigenvalue weighted by molar-refractivity contribution is 5.71. The van der Waals surface area contributed by atoms with Gasteiger partial charge in [-0.3, -0.25) is 4.79 Å². The molecule has 0 aromatic rings. The van der Waals surface area contributed by atoms with E-state index in [1.54, 1.807) is 0 Å². The van der Waals surface area contributed by atoms with Gasteiger partial charge in [-0.05, 0) is 25.7 Å². The Balaban J connectivity index is 1.96. The molecule has 3 N–H and O–H groups in total. The molecule has 0 unspecified atom stereocenters. The van der Waals surface area contributed by atoms with Crippen molar-refractivity contribution < 1.29 is 24.9 Å². The van der Waals surface area contributed by atoms with Gasteiger partial charge in [0.2, 0.25) is 0 Å². The summed E-state index contributed by atoms with van der Waals surface area (Å²) >= 11 is 0. The van der Waals surface area contributed by atoms with Gasteiger partial charge in [-0.1, -0.05) is 71.1 Å². The predicted octanol–water partition coefficient (Wildman–Crippen LogP) is 3.87. The van der Waals surface area contributed by atoms with E-state index in [4.69, 9.17) is 4.74 Å². The lowest BCUT2D eigenvalue weighted by Crippen LogP contribution is -2.31. The minimum atomic E-state index is -0.819. The second kappa shape index (κ2) is 14.4. The summed E-state index contributed by atoms with van der Waals surface area (Å²) in [5.74, 6) is -0.268. The summed E-state index contributed by atoms with van der Waals surface area (Å²) in [4.78, 5) is 11.1. The first-order chi connectivity index (χ1) is 12.5. The second-order valence-corrected chi connectivity index (χ2v) is 7.82. The number of hydrogen-bond donors (Lipinski definition) is 3.